The molecule has 174 valence electrons. The van der Waals surface area contributed by atoms with Gasteiger partial charge in [-0.2, -0.15) is 0 Å². The molecule has 0 fully saturated rings. The van der Waals surface area contributed by atoms with Gasteiger partial charge in [-0.1, -0.05) is 29.8 Å². The number of fused-ring (bicyclic) bond motifs is 2. The number of benzene rings is 1. The first kappa shape index (κ1) is 25.6. The Bertz CT molecular complexity index is 1220. The molecule has 2 unspecified atom stereocenters. The molecule has 0 amide bonds. The van der Waals surface area contributed by atoms with E-state index in [2.05, 4.69) is 15.3 Å². The van der Waals surface area contributed by atoms with Crippen molar-refractivity contribution < 1.29 is 18.6 Å². The van der Waals surface area contributed by atoms with Crippen LogP contribution in [0.5, 0.6) is 0 Å². The molecule has 33 heavy (non-hydrogen) atoms. The van der Waals surface area contributed by atoms with Gasteiger partial charge in [0.05, 0.1) is 21.1 Å². The van der Waals surface area contributed by atoms with Crippen molar-refractivity contribution >= 4 is 33.9 Å². The second-order valence-electron chi connectivity index (χ2n) is 6.79. The fourth-order valence-corrected chi connectivity index (χ4v) is 3.36. The number of rotatable bonds is 4. The quantitative estimate of drug-likeness (QED) is 0.287. The van der Waals surface area contributed by atoms with Gasteiger partial charge in [-0.3, -0.25) is 25.5 Å². The normalized spacial score (nSPS) is 23.1. The molecule has 0 radical (unpaired) electrons. The van der Waals surface area contributed by atoms with Gasteiger partial charge in [-0.25, -0.2) is 18.8 Å². The van der Waals surface area contributed by atoms with Crippen LogP contribution in [0.2, 0.25) is 0 Å². The average Bonchev–Trinajstić information content (AvgIpc) is 2.79. The van der Waals surface area contributed by atoms with E-state index < -0.39 is 32.9 Å². The Morgan fingerprint density at radius 1 is 1.21 bits per heavy atom. The van der Waals surface area contributed by atoms with Crippen molar-refractivity contribution in [2.45, 2.75) is 10.7 Å². The zero-order valence-corrected chi connectivity index (χ0v) is 18.0. The summed E-state index contributed by atoms with van der Waals surface area (Å²) in [4.78, 5) is 26.3. The lowest BCUT2D eigenvalue weighted by Gasteiger charge is -2.32. The second-order valence-corrected chi connectivity index (χ2v) is 7.36. The lowest BCUT2D eigenvalue weighted by Crippen LogP contribution is -2.48. The fraction of sp³-hybridized carbons (Fsp3) is 0.200. The van der Waals surface area contributed by atoms with Crippen LogP contribution in [0.3, 0.4) is 0 Å². The maximum atomic E-state index is 14.0. The molecule has 4 N–H and O–H groups in total. The van der Waals surface area contributed by atoms with E-state index in [-0.39, 0.29) is 23.1 Å². The summed E-state index contributed by atoms with van der Waals surface area (Å²) in [5.41, 5.74) is -1.68. The molecule has 1 aromatic carbocycles. The van der Waals surface area contributed by atoms with Gasteiger partial charge in [-0.15, -0.1) is 0 Å². The van der Waals surface area contributed by atoms with Crippen LogP contribution in [-0.2, 0) is 0 Å². The van der Waals surface area contributed by atoms with Crippen LogP contribution in [0.15, 0.2) is 77.2 Å². The highest BCUT2D eigenvalue weighted by Gasteiger charge is 2.49. The summed E-state index contributed by atoms with van der Waals surface area (Å²) in [6.45, 7) is -1.28. The van der Waals surface area contributed by atoms with E-state index in [1.165, 1.54) is 25.4 Å². The molecule has 4 rings (SSSR count). The first-order chi connectivity index (χ1) is 15.1. The maximum Gasteiger partial charge on any atom is 0.304 e. The molecule has 0 saturated heterocycles. The van der Waals surface area contributed by atoms with E-state index >= 15 is 0 Å². The Morgan fingerprint density at radius 2 is 1.91 bits per heavy atom. The lowest BCUT2D eigenvalue weighted by molar-refractivity contribution is -0.431. The molecule has 0 bridgehead atoms. The van der Waals surface area contributed by atoms with Gasteiger partial charge in [0.15, 0.2) is 5.67 Å². The molecule has 1 aliphatic carbocycles. The van der Waals surface area contributed by atoms with Gasteiger partial charge in [0.25, 0.3) is 5.69 Å². The number of nitrogens with zero attached hydrogens (tertiary/aromatic N) is 4. The summed E-state index contributed by atoms with van der Waals surface area (Å²) in [6, 6.07) is 8.81. The standard InChI is InChI=1S/C11H10ClF2N3O2.C9H6N2O2.H3N/c1-15-11(12)7-4-10(14,6-13)3-2-8(7)16-5-9(11)17(18)19;12-11(13)8-5-7-3-1-2-4-9(7)10-6-8;/h2-5,15H,6H2,1H3;1-6H;1H3. The van der Waals surface area contributed by atoms with Crippen molar-refractivity contribution in [1.29, 1.82) is 0 Å². The monoisotopic (exact) mass is 480 g/mol. The van der Waals surface area contributed by atoms with Crippen molar-refractivity contribution in [2.24, 2.45) is 4.99 Å². The third-order valence-corrected chi connectivity index (χ3v) is 5.35. The van der Waals surface area contributed by atoms with Crippen molar-refractivity contribution in [2.75, 3.05) is 13.7 Å². The first-order valence-corrected chi connectivity index (χ1v) is 9.49. The van der Waals surface area contributed by atoms with Crippen LogP contribution in [0, 0.1) is 20.2 Å². The largest absolute Gasteiger partial charge is 0.344 e. The summed E-state index contributed by atoms with van der Waals surface area (Å²) in [7, 11) is 1.39. The highest BCUT2D eigenvalue weighted by atomic mass is 35.5. The van der Waals surface area contributed by atoms with Gasteiger partial charge >= 0.3 is 5.70 Å². The molecule has 2 atom stereocenters. The van der Waals surface area contributed by atoms with Crippen LogP contribution < -0.4 is 11.5 Å². The Hall–Kier alpha value is -3.61. The number of hydrogen-bond donors (Lipinski definition) is 2. The van der Waals surface area contributed by atoms with Gasteiger partial charge in [-0.05, 0) is 31.3 Å². The zero-order valence-electron chi connectivity index (χ0n) is 17.2. The summed E-state index contributed by atoms with van der Waals surface area (Å²) in [6.07, 6.45) is 5.46. The topological polar surface area (TPSA) is 159 Å². The predicted octanol–water partition coefficient (Wildman–Crippen LogP) is 4.19. The van der Waals surface area contributed by atoms with E-state index in [0.717, 1.165) is 29.3 Å². The van der Waals surface area contributed by atoms with Crippen LogP contribution in [0.1, 0.15) is 0 Å². The minimum Gasteiger partial charge on any atom is -0.344 e. The molecule has 1 aromatic heterocycles. The van der Waals surface area contributed by atoms with E-state index in [4.69, 9.17) is 11.6 Å². The van der Waals surface area contributed by atoms with Crippen LogP contribution in [-0.4, -0.2) is 44.9 Å². The molecule has 10 nitrogen and oxygen atoms in total. The smallest absolute Gasteiger partial charge is 0.304 e. The van der Waals surface area contributed by atoms with Crippen molar-refractivity contribution in [1.82, 2.24) is 16.5 Å². The number of alkyl halides is 3. The third-order valence-electron chi connectivity index (χ3n) is 4.76. The second kappa shape index (κ2) is 9.90. The average molecular weight is 481 g/mol. The molecule has 0 spiro atoms. The van der Waals surface area contributed by atoms with E-state index in [1.54, 1.807) is 6.07 Å². The first-order valence-electron chi connectivity index (χ1n) is 9.11. The maximum absolute atomic E-state index is 14.0. The minimum absolute atomic E-state index is 0. The molecular formula is C20H19ClF2N6O4. The molecule has 0 saturated carbocycles. The fourth-order valence-electron chi connectivity index (χ4n) is 3.09. The summed E-state index contributed by atoms with van der Waals surface area (Å²) in [5, 5.41) is 24.7. The number of hydrogen-bond acceptors (Lipinski definition) is 8. The summed E-state index contributed by atoms with van der Waals surface area (Å²) >= 11 is 6.19. The molecule has 13 heteroatoms. The van der Waals surface area contributed by atoms with Crippen LogP contribution >= 0.6 is 11.6 Å². The number of aromatic nitrogens is 1. The summed E-state index contributed by atoms with van der Waals surface area (Å²) in [5.74, 6) is 0. The van der Waals surface area contributed by atoms with Gasteiger partial charge in [0, 0.05) is 17.0 Å². The molecule has 1 aliphatic heterocycles. The summed E-state index contributed by atoms with van der Waals surface area (Å²) < 4.78 is 26.7. The molecule has 2 aliphatic rings. The highest BCUT2D eigenvalue weighted by molar-refractivity contribution is 6.33. The molecular weight excluding hydrogens is 462 g/mol. The van der Waals surface area contributed by atoms with Crippen LogP contribution in [0.25, 0.3) is 10.9 Å². The number of aliphatic imine (C=N–C) groups is 1. The number of nitro groups is 2. The number of pyridine rings is 1. The Labute approximate surface area is 191 Å². The van der Waals surface area contributed by atoms with Gasteiger partial charge < -0.3 is 6.15 Å². The third kappa shape index (κ3) is 5.08. The predicted molar refractivity (Wildman–Crippen MR) is 121 cm³/mol. The lowest BCUT2D eigenvalue weighted by atomic mass is 9.87. The number of halogens is 3. The molecule has 2 heterocycles. The number of para-hydroxylation sites is 1. The van der Waals surface area contributed by atoms with Gasteiger partial charge in [0.2, 0.25) is 5.00 Å². The Kier molecular flexibility index (Phi) is 7.69. The Balaban J connectivity index is 0.000000241. The Morgan fingerprint density at radius 3 is 2.52 bits per heavy atom. The van der Waals surface area contributed by atoms with Crippen molar-refractivity contribution in [3.63, 3.8) is 0 Å². The van der Waals surface area contributed by atoms with E-state index in [1.807, 2.05) is 18.2 Å². The minimum atomic E-state index is -2.33. The van der Waals surface area contributed by atoms with E-state index in [9.17, 15) is 29.0 Å². The SMILES string of the molecule is CNC1(Cl)C2=CC(F)(CF)C=CC2=NC=C1[N+](=O)[O-].N.O=[N+]([O-])c1cnc2ccccc2c1. The van der Waals surface area contributed by atoms with E-state index in [0.29, 0.717) is 0 Å². The van der Waals surface area contributed by atoms with Crippen LogP contribution in [0.4, 0.5) is 14.5 Å². The van der Waals surface area contributed by atoms with Crippen molar-refractivity contribution in [3.8, 4) is 0 Å². The van der Waals surface area contributed by atoms with Crippen molar-refractivity contribution in [3.05, 3.63) is 92.5 Å². The van der Waals surface area contributed by atoms with Gasteiger partial charge in [0.1, 0.15) is 19.1 Å². The highest BCUT2D eigenvalue weighted by Crippen LogP contribution is 2.39. The molecule has 2 aromatic rings. The number of likely N-dealkylation sites (N-methyl/N-ethyl adjacent to an activating group) is 1. The number of allylic oxidation sites excluding steroid dienone is 3. The zero-order chi connectivity index (χ0) is 23.5. The number of nitrogens with one attached hydrogen (secondary N) is 1.